The molecular weight excluding hydrogens is 347 g/mol. The monoisotopic (exact) mass is 386 g/mol. The van der Waals surface area contributed by atoms with Gasteiger partial charge in [0.1, 0.15) is 0 Å². The van der Waals surface area contributed by atoms with Gasteiger partial charge < -0.3 is 9.66 Å². The summed E-state index contributed by atoms with van der Waals surface area (Å²) in [5.74, 6) is 0. The number of hydrogen-bond donors (Lipinski definition) is 1. The van der Waals surface area contributed by atoms with Crippen molar-refractivity contribution in [3.63, 3.8) is 0 Å². The van der Waals surface area contributed by atoms with Crippen molar-refractivity contribution >= 4 is 10.1 Å². The van der Waals surface area contributed by atoms with Crippen molar-refractivity contribution in [2.45, 2.75) is 122 Å². The average Bonchev–Trinajstić information content (AvgIpc) is 2.52. The normalized spacial score (nSPS) is 14.1. The Morgan fingerprint density at radius 2 is 1.12 bits per heavy atom. The van der Waals surface area contributed by atoms with E-state index in [0.717, 1.165) is 77.0 Å². The van der Waals surface area contributed by atoms with Crippen LogP contribution in [-0.4, -0.2) is 29.4 Å². The summed E-state index contributed by atoms with van der Waals surface area (Å²) in [6.07, 6.45) is 13.8. The molecule has 0 bridgehead atoms. The van der Waals surface area contributed by atoms with Crippen LogP contribution in [-0.2, 0) is 10.1 Å². The molecule has 0 saturated carbocycles. The molecule has 0 amide bonds. The minimum atomic E-state index is -4.16. The largest absolute Gasteiger partial charge is 1.00 e. The molecule has 0 saturated heterocycles. The Kier molecular flexibility index (Phi) is 20.5. The van der Waals surface area contributed by atoms with Crippen LogP contribution in [0.5, 0.6) is 0 Å². The first-order valence-electron chi connectivity index (χ1n) is 10.0. The number of rotatable bonds is 17. The van der Waals surface area contributed by atoms with E-state index in [1.165, 1.54) is 6.42 Å². The van der Waals surface area contributed by atoms with Crippen molar-refractivity contribution in [2.75, 3.05) is 0 Å². The maximum Gasteiger partial charge on any atom is 1.00 e. The van der Waals surface area contributed by atoms with Gasteiger partial charge in [-0.2, -0.15) is 0 Å². The molecule has 0 spiro atoms. The van der Waals surface area contributed by atoms with Gasteiger partial charge in [0.2, 0.25) is 0 Å². The van der Waals surface area contributed by atoms with Crippen LogP contribution in [0.2, 0.25) is 0 Å². The van der Waals surface area contributed by atoms with Gasteiger partial charge in [-0.1, -0.05) is 84.5 Å². The maximum atomic E-state index is 11.4. The third-order valence-corrected chi connectivity index (χ3v) is 6.03. The molecule has 6 heteroatoms. The Morgan fingerprint density at radius 1 is 0.720 bits per heavy atom. The Balaban J connectivity index is 0. The quantitative estimate of drug-likeness (QED) is 0.236. The van der Waals surface area contributed by atoms with E-state index in [4.69, 9.17) is 0 Å². The molecule has 0 fully saturated rings. The standard InChI is InChI=1S/C19H40O4S.Na/c1-3-5-7-8-12-16-19(24(21,22)23)17-13-10-9-11-15-18(20)14-6-4-2;/h18-20H,3-17H2,1-2H3,(H,21,22,23);/q;+1/p-1. The molecule has 2 atom stereocenters. The predicted molar refractivity (Wildman–Crippen MR) is 100 cm³/mol. The maximum absolute atomic E-state index is 11.4. The molecule has 2 unspecified atom stereocenters. The summed E-state index contributed by atoms with van der Waals surface area (Å²) in [5.41, 5.74) is 0. The van der Waals surface area contributed by atoms with E-state index in [1.807, 2.05) is 0 Å². The van der Waals surface area contributed by atoms with Crippen LogP contribution in [0, 0.1) is 0 Å². The molecule has 25 heavy (non-hydrogen) atoms. The van der Waals surface area contributed by atoms with Gasteiger partial charge in [-0.25, -0.2) is 8.42 Å². The SMILES string of the molecule is CCCCCCCC(CCCCCCC(O)CCCC)S(=O)(=O)[O-].[Na+]. The van der Waals surface area contributed by atoms with E-state index < -0.39 is 15.4 Å². The number of aliphatic hydroxyl groups is 1. The summed E-state index contributed by atoms with van der Waals surface area (Å²) in [4.78, 5) is 0. The Hall–Kier alpha value is 0.870. The average molecular weight is 387 g/mol. The molecule has 1 N–H and O–H groups in total. The molecule has 0 aromatic heterocycles. The number of unbranched alkanes of at least 4 members (excludes halogenated alkanes) is 8. The molecule has 0 aliphatic carbocycles. The molecule has 0 aliphatic rings. The second-order valence-corrected chi connectivity index (χ2v) is 8.76. The fourth-order valence-corrected chi connectivity index (χ4v) is 4.01. The molecule has 0 heterocycles. The summed E-state index contributed by atoms with van der Waals surface area (Å²) in [6, 6.07) is 0. The zero-order valence-corrected chi connectivity index (χ0v) is 19.7. The Labute approximate surface area is 178 Å². The molecule has 0 rings (SSSR count). The van der Waals surface area contributed by atoms with E-state index in [-0.39, 0.29) is 35.7 Å². The van der Waals surface area contributed by atoms with Crippen molar-refractivity contribution in [3.05, 3.63) is 0 Å². The molecule has 0 aromatic carbocycles. The van der Waals surface area contributed by atoms with Gasteiger partial charge in [-0.05, 0) is 25.7 Å². The summed E-state index contributed by atoms with van der Waals surface area (Å²) < 4.78 is 34.1. The smallest absolute Gasteiger partial charge is 0.748 e. The first kappa shape index (κ1) is 28.1. The van der Waals surface area contributed by atoms with E-state index >= 15 is 0 Å². The van der Waals surface area contributed by atoms with E-state index in [2.05, 4.69) is 13.8 Å². The van der Waals surface area contributed by atoms with E-state index in [0.29, 0.717) is 12.8 Å². The summed E-state index contributed by atoms with van der Waals surface area (Å²) in [7, 11) is -4.16. The molecule has 0 aromatic rings. The third-order valence-electron chi connectivity index (χ3n) is 4.74. The molecular formula is C19H39NaO4S. The number of aliphatic hydroxyl groups excluding tert-OH is 1. The van der Waals surface area contributed by atoms with Crippen LogP contribution >= 0.6 is 0 Å². The van der Waals surface area contributed by atoms with Gasteiger partial charge in [-0.3, -0.25) is 0 Å². The third kappa shape index (κ3) is 18.0. The Morgan fingerprint density at radius 3 is 1.56 bits per heavy atom. The van der Waals surface area contributed by atoms with Crippen molar-refractivity contribution in [1.29, 1.82) is 0 Å². The van der Waals surface area contributed by atoms with E-state index in [9.17, 15) is 18.1 Å². The molecule has 4 nitrogen and oxygen atoms in total. The van der Waals surface area contributed by atoms with Gasteiger partial charge >= 0.3 is 29.6 Å². The number of hydrogen-bond acceptors (Lipinski definition) is 4. The fourth-order valence-electron chi connectivity index (χ4n) is 3.10. The van der Waals surface area contributed by atoms with Gasteiger partial charge in [-0.15, -0.1) is 0 Å². The summed E-state index contributed by atoms with van der Waals surface area (Å²) in [5, 5.41) is 9.07. The van der Waals surface area contributed by atoms with Crippen molar-refractivity contribution < 1.29 is 47.6 Å². The van der Waals surface area contributed by atoms with Gasteiger partial charge in [0.15, 0.2) is 0 Å². The van der Waals surface area contributed by atoms with Crippen molar-refractivity contribution in [2.24, 2.45) is 0 Å². The van der Waals surface area contributed by atoms with Gasteiger partial charge in [0.25, 0.3) is 0 Å². The predicted octanol–water partition coefficient (Wildman–Crippen LogP) is 2.16. The van der Waals surface area contributed by atoms with Crippen LogP contribution in [0.25, 0.3) is 0 Å². The van der Waals surface area contributed by atoms with E-state index in [1.54, 1.807) is 0 Å². The first-order valence-corrected chi connectivity index (χ1v) is 11.5. The van der Waals surface area contributed by atoms with Crippen LogP contribution in [0.3, 0.4) is 0 Å². The minimum absolute atomic E-state index is 0. The second kappa shape index (κ2) is 18.2. The fraction of sp³-hybridized carbons (Fsp3) is 1.00. The zero-order valence-electron chi connectivity index (χ0n) is 16.8. The van der Waals surface area contributed by atoms with Crippen LogP contribution in [0.1, 0.15) is 110 Å². The van der Waals surface area contributed by atoms with Crippen molar-refractivity contribution in [3.8, 4) is 0 Å². The molecule has 146 valence electrons. The summed E-state index contributed by atoms with van der Waals surface area (Å²) in [6.45, 7) is 4.27. The van der Waals surface area contributed by atoms with Crippen LogP contribution in [0.4, 0.5) is 0 Å². The van der Waals surface area contributed by atoms with Crippen molar-refractivity contribution in [1.82, 2.24) is 0 Å². The van der Waals surface area contributed by atoms with Gasteiger partial charge in [0, 0.05) is 5.25 Å². The minimum Gasteiger partial charge on any atom is -0.748 e. The van der Waals surface area contributed by atoms with Crippen LogP contribution in [0.15, 0.2) is 0 Å². The molecule has 0 radical (unpaired) electrons. The Bertz CT molecular complexity index is 374. The topological polar surface area (TPSA) is 77.4 Å². The molecule has 0 aliphatic heterocycles. The summed E-state index contributed by atoms with van der Waals surface area (Å²) >= 11 is 0. The second-order valence-electron chi connectivity index (χ2n) is 7.11. The van der Waals surface area contributed by atoms with Crippen LogP contribution < -0.4 is 29.6 Å². The zero-order chi connectivity index (χ0) is 18.3. The first-order chi connectivity index (χ1) is 11.4. The van der Waals surface area contributed by atoms with Gasteiger partial charge in [0.05, 0.1) is 16.2 Å².